The minimum Gasteiger partial charge on any atom is -0.480 e. The van der Waals surface area contributed by atoms with Gasteiger partial charge in [-0.05, 0) is 41.5 Å². The van der Waals surface area contributed by atoms with Gasteiger partial charge in [-0.25, -0.2) is 4.79 Å². The van der Waals surface area contributed by atoms with E-state index in [-0.39, 0.29) is 11.8 Å². The molecule has 2 N–H and O–H groups in total. The van der Waals surface area contributed by atoms with Crippen molar-refractivity contribution < 1.29 is 14.7 Å². The van der Waals surface area contributed by atoms with Crippen molar-refractivity contribution in [3.63, 3.8) is 0 Å². The molecule has 0 radical (unpaired) electrons. The molecule has 1 aliphatic heterocycles. The molecule has 1 unspecified atom stereocenters. The third-order valence-corrected chi connectivity index (χ3v) is 6.51. The lowest BCUT2D eigenvalue weighted by Gasteiger charge is -2.21. The van der Waals surface area contributed by atoms with Gasteiger partial charge in [0.2, 0.25) is 0 Å². The highest BCUT2D eigenvalue weighted by Gasteiger charge is 2.24. The smallest absolute Gasteiger partial charge is 0.326 e. The maximum atomic E-state index is 12.2. The Bertz CT molecular complexity index is 525. The van der Waals surface area contributed by atoms with Crippen molar-refractivity contribution in [1.82, 2.24) is 5.32 Å². The van der Waals surface area contributed by atoms with Crippen LogP contribution in [0.1, 0.15) is 40.8 Å². The monoisotopic (exact) mass is 339 g/mol. The standard InChI is InChI=1S/C16H21NO3S2/c1-10(2)13(15(19)20)17-14(18)11-4-6-12(7-5-11)16-21-8-3-9-22-16/h4-7,10,13,16H,3,8-9H2,1-2H3,(H,17,18)(H,19,20). The molecule has 0 aromatic heterocycles. The molecule has 1 atom stereocenters. The number of thioether (sulfide) groups is 2. The van der Waals surface area contributed by atoms with Gasteiger partial charge in [-0.15, -0.1) is 23.5 Å². The van der Waals surface area contributed by atoms with Gasteiger partial charge in [0.1, 0.15) is 6.04 Å². The van der Waals surface area contributed by atoms with Gasteiger partial charge < -0.3 is 10.4 Å². The van der Waals surface area contributed by atoms with Gasteiger partial charge in [-0.2, -0.15) is 0 Å². The number of aliphatic carboxylic acids is 1. The van der Waals surface area contributed by atoms with Crippen LogP contribution in [0.2, 0.25) is 0 Å². The van der Waals surface area contributed by atoms with Crippen molar-refractivity contribution in [1.29, 1.82) is 0 Å². The van der Waals surface area contributed by atoms with E-state index in [0.717, 1.165) is 0 Å². The summed E-state index contributed by atoms with van der Waals surface area (Å²) in [6, 6.07) is 6.63. The van der Waals surface area contributed by atoms with E-state index in [0.29, 0.717) is 10.1 Å². The zero-order chi connectivity index (χ0) is 16.1. The van der Waals surface area contributed by atoms with Crippen LogP contribution in [0.5, 0.6) is 0 Å². The van der Waals surface area contributed by atoms with Crippen LogP contribution in [-0.4, -0.2) is 34.5 Å². The number of carbonyl (C=O) groups excluding carboxylic acids is 1. The lowest BCUT2D eigenvalue weighted by molar-refractivity contribution is -0.140. The first kappa shape index (κ1) is 17.2. The molecular weight excluding hydrogens is 318 g/mol. The first-order valence-corrected chi connectivity index (χ1v) is 9.45. The van der Waals surface area contributed by atoms with Gasteiger partial charge in [-0.1, -0.05) is 26.0 Å². The molecule has 1 aromatic carbocycles. The van der Waals surface area contributed by atoms with Gasteiger partial charge in [-0.3, -0.25) is 4.79 Å². The molecular formula is C16H21NO3S2. The van der Waals surface area contributed by atoms with Crippen molar-refractivity contribution in [2.75, 3.05) is 11.5 Å². The molecule has 1 fully saturated rings. The molecule has 2 rings (SSSR count). The summed E-state index contributed by atoms with van der Waals surface area (Å²) >= 11 is 3.87. The maximum Gasteiger partial charge on any atom is 0.326 e. The van der Waals surface area contributed by atoms with Crippen molar-refractivity contribution in [3.05, 3.63) is 35.4 Å². The van der Waals surface area contributed by atoms with Crippen LogP contribution in [0.3, 0.4) is 0 Å². The fraction of sp³-hybridized carbons (Fsp3) is 0.500. The Morgan fingerprint density at radius 1 is 1.18 bits per heavy atom. The number of hydrogen-bond donors (Lipinski definition) is 2. The van der Waals surface area contributed by atoms with Crippen LogP contribution in [0.4, 0.5) is 0 Å². The fourth-order valence-electron chi connectivity index (χ4n) is 2.21. The van der Waals surface area contributed by atoms with E-state index in [1.54, 1.807) is 26.0 Å². The van der Waals surface area contributed by atoms with Gasteiger partial charge in [0, 0.05) is 5.56 Å². The minimum absolute atomic E-state index is 0.157. The number of carboxylic acid groups (broad SMARTS) is 1. The highest BCUT2D eigenvalue weighted by Crippen LogP contribution is 2.43. The van der Waals surface area contributed by atoms with E-state index in [1.807, 2.05) is 35.7 Å². The summed E-state index contributed by atoms with van der Waals surface area (Å²) in [4.78, 5) is 23.3. The second-order valence-electron chi connectivity index (χ2n) is 5.58. The summed E-state index contributed by atoms with van der Waals surface area (Å²) in [6.07, 6.45) is 1.25. The Labute approximate surface area is 139 Å². The molecule has 1 amide bonds. The second-order valence-corrected chi connectivity index (χ2v) is 8.31. The van der Waals surface area contributed by atoms with E-state index < -0.39 is 12.0 Å². The van der Waals surface area contributed by atoms with Gasteiger partial charge in [0.15, 0.2) is 0 Å². The second kappa shape index (κ2) is 7.92. The van der Waals surface area contributed by atoms with Crippen LogP contribution in [0, 0.1) is 5.92 Å². The van der Waals surface area contributed by atoms with Gasteiger partial charge >= 0.3 is 5.97 Å². The molecule has 0 spiro atoms. The van der Waals surface area contributed by atoms with Crippen molar-refractivity contribution in [3.8, 4) is 0 Å². The van der Waals surface area contributed by atoms with Crippen LogP contribution >= 0.6 is 23.5 Å². The topological polar surface area (TPSA) is 66.4 Å². The summed E-state index contributed by atoms with van der Waals surface area (Å²) < 4.78 is 0.438. The maximum absolute atomic E-state index is 12.2. The lowest BCUT2D eigenvalue weighted by Crippen LogP contribution is -2.44. The zero-order valence-electron chi connectivity index (χ0n) is 12.7. The van der Waals surface area contributed by atoms with Gasteiger partial charge in [0.05, 0.1) is 4.58 Å². The summed E-state index contributed by atoms with van der Waals surface area (Å²) in [5.41, 5.74) is 1.71. The van der Waals surface area contributed by atoms with Gasteiger partial charge in [0.25, 0.3) is 5.91 Å². The number of nitrogens with one attached hydrogen (secondary N) is 1. The van der Waals surface area contributed by atoms with E-state index in [1.165, 1.54) is 23.5 Å². The average Bonchev–Trinajstić information content (AvgIpc) is 2.52. The largest absolute Gasteiger partial charge is 0.480 e. The average molecular weight is 339 g/mol. The highest BCUT2D eigenvalue weighted by molar-refractivity contribution is 8.16. The van der Waals surface area contributed by atoms with Crippen molar-refractivity contribution >= 4 is 35.4 Å². The molecule has 120 valence electrons. The summed E-state index contributed by atoms with van der Waals surface area (Å²) in [5, 5.41) is 11.7. The molecule has 6 heteroatoms. The molecule has 0 bridgehead atoms. The Morgan fingerprint density at radius 2 is 1.77 bits per heavy atom. The molecule has 1 heterocycles. The predicted octanol–water partition coefficient (Wildman–Crippen LogP) is 3.39. The molecule has 0 saturated carbocycles. The normalized spacial score (nSPS) is 17.2. The van der Waals surface area contributed by atoms with Crippen molar-refractivity contribution in [2.45, 2.75) is 30.9 Å². The summed E-state index contributed by atoms with van der Waals surface area (Å²) in [6.45, 7) is 3.55. The van der Waals surface area contributed by atoms with E-state index in [9.17, 15) is 9.59 Å². The Kier molecular flexibility index (Phi) is 6.20. The van der Waals surface area contributed by atoms with Crippen molar-refractivity contribution in [2.24, 2.45) is 5.92 Å². The highest BCUT2D eigenvalue weighted by atomic mass is 32.2. The summed E-state index contributed by atoms with van der Waals surface area (Å²) in [5.74, 6) is 0.853. The molecule has 0 aliphatic carbocycles. The molecule has 1 saturated heterocycles. The first-order chi connectivity index (χ1) is 10.5. The fourth-order valence-corrected chi connectivity index (χ4v) is 5.10. The predicted molar refractivity (Wildman–Crippen MR) is 92.4 cm³/mol. The number of amides is 1. The third kappa shape index (κ3) is 4.43. The van der Waals surface area contributed by atoms with E-state index >= 15 is 0 Å². The first-order valence-electron chi connectivity index (χ1n) is 7.36. The molecule has 22 heavy (non-hydrogen) atoms. The number of carboxylic acids is 1. The quantitative estimate of drug-likeness (QED) is 0.861. The minimum atomic E-state index is -1.00. The SMILES string of the molecule is CC(C)C(NC(=O)c1ccc(C2SCCCS2)cc1)C(=O)O. The zero-order valence-corrected chi connectivity index (χ0v) is 14.4. The Morgan fingerprint density at radius 3 is 2.27 bits per heavy atom. The number of carbonyl (C=O) groups is 2. The molecule has 1 aromatic rings. The van der Waals surface area contributed by atoms with Crippen LogP contribution in [0.15, 0.2) is 24.3 Å². The Hall–Kier alpha value is -1.14. The van der Waals surface area contributed by atoms with E-state index in [2.05, 4.69) is 5.32 Å². The van der Waals surface area contributed by atoms with E-state index in [4.69, 9.17) is 5.11 Å². The summed E-state index contributed by atoms with van der Waals surface area (Å²) in [7, 11) is 0. The van der Waals surface area contributed by atoms with Crippen LogP contribution in [-0.2, 0) is 4.79 Å². The Balaban J connectivity index is 2.02. The number of rotatable bonds is 5. The number of hydrogen-bond acceptors (Lipinski definition) is 4. The number of benzene rings is 1. The third-order valence-electron chi connectivity index (χ3n) is 3.49. The van der Waals surface area contributed by atoms with Crippen LogP contribution in [0.25, 0.3) is 0 Å². The lowest BCUT2D eigenvalue weighted by atomic mass is 10.0. The molecule has 4 nitrogen and oxygen atoms in total. The molecule has 1 aliphatic rings. The van der Waals surface area contributed by atoms with Crippen LogP contribution < -0.4 is 5.32 Å².